The van der Waals surface area contributed by atoms with Gasteiger partial charge in [0, 0.05) is 17.3 Å². The van der Waals surface area contributed by atoms with Crippen LogP contribution in [0.25, 0.3) is 0 Å². The van der Waals surface area contributed by atoms with Crippen molar-refractivity contribution in [2.75, 3.05) is 26.6 Å². The third-order valence-corrected chi connectivity index (χ3v) is 3.86. The number of amides is 1. The number of esters is 1. The van der Waals surface area contributed by atoms with Crippen molar-refractivity contribution < 1.29 is 28.5 Å². The predicted molar refractivity (Wildman–Crippen MR) is 100 cm³/mol. The molecule has 0 fully saturated rings. The van der Waals surface area contributed by atoms with Crippen LogP contribution >= 0.6 is 0 Å². The van der Waals surface area contributed by atoms with E-state index in [2.05, 4.69) is 5.32 Å². The Balaban J connectivity index is 1.93. The third-order valence-electron chi connectivity index (χ3n) is 3.86. The molecule has 7 nitrogen and oxygen atoms in total. The largest absolute Gasteiger partial charge is 0.497 e. The predicted octanol–water partition coefficient (Wildman–Crippen LogP) is 2.83. The molecule has 2 aromatic rings. The van der Waals surface area contributed by atoms with Crippen LogP contribution in [0.1, 0.15) is 12.5 Å². The second kappa shape index (κ2) is 9.47. The quantitative estimate of drug-likeness (QED) is 0.717. The van der Waals surface area contributed by atoms with E-state index in [-0.39, 0.29) is 6.42 Å². The highest BCUT2D eigenvalue weighted by molar-refractivity contribution is 5.95. The zero-order valence-electron chi connectivity index (χ0n) is 15.8. The molecule has 0 aromatic heterocycles. The SMILES string of the molecule is COc1ccc(NC(=O)[C@H](C)OC(=O)Cc2ccc(OC)cc2OC)cc1. The molecule has 0 aliphatic carbocycles. The van der Waals surface area contributed by atoms with Crippen LogP contribution in [0.3, 0.4) is 0 Å². The van der Waals surface area contributed by atoms with Gasteiger partial charge in [0.25, 0.3) is 5.91 Å². The molecule has 0 aliphatic rings. The van der Waals surface area contributed by atoms with Gasteiger partial charge in [-0.05, 0) is 37.3 Å². The van der Waals surface area contributed by atoms with E-state index in [0.717, 1.165) is 0 Å². The van der Waals surface area contributed by atoms with Crippen LogP contribution in [0.4, 0.5) is 5.69 Å². The topological polar surface area (TPSA) is 83.1 Å². The van der Waals surface area contributed by atoms with Crippen LogP contribution in [-0.4, -0.2) is 39.3 Å². The van der Waals surface area contributed by atoms with Crippen molar-refractivity contribution in [3.05, 3.63) is 48.0 Å². The lowest BCUT2D eigenvalue weighted by Crippen LogP contribution is -2.30. The molecular weight excluding hydrogens is 350 g/mol. The standard InChI is InChI=1S/C20H23NO6/c1-13(20(23)21-15-6-9-16(24-2)10-7-15)27-19(22)11-14-5-8-17(25-3)12-18(14)26-4/h5-10,12-13H,11H2,1-4H3,(H,21,23)/t13-/m0/s1. The summed E-state index contributed by atoms with van der Waals surface area (Å²) >= 11 is 0. The maximum Gasteiger partial charge on any atom is 0.311 e. The Kier molecular flexibility index (Phi) is 7.05. The summed E-state index contributed by atoms with van der Waals surface area (Å²) < 4.78 is 20.7. The van der Waals surface area contributed by atoms with E-state index in [1.54, 1.807) is 56.7 Å². The van der Waals surface area contributed by atoms with Crippen LogP contribution in [0.15, 0.2) is 42.5 Å². The molecule has 27 heavy (non-hydrogen) atoms. The minimum atomic E-state index is -0.941. The van der Waals surface area contributed by atoms with Gasteiger partial charge in [-0.1, -0.05) is 6.07 Å². The van der Waals surface area contributed by atoms with Gasteiger partial charge in [-0.15, -0.1) is 0 Å². The molecular formula is C20H23NO6. The van der Waals surface area contributed by atoms with Gasteiger partial charge in [0.2, 0.25) is 0 Å². The van der Waals surface area contributed by atoms with Crippen molar-refractivity contribution in [3.8, 4) is 17.2 Å². The molecule has 0 aliphatic heterocycles. The Bertz CT molecular complexity index is 788. The Hall–Kier alpha value is -3.22. The fourth-order valence-corrected chi connectivity index (χ4v) is 2.36. The first kappa shape index (κ1) is 20.1. The van der Waals surface area contributed by atoms with E-state index < -0.39 is 18.0 Å². The summed E-state index contributed by atoms with van der Waals surface area (Å²) in [5.74, 6) is 0.866. The van der Waals surface area contributed by atoms with Crippen molar-refractivity contribution in [2.45, 2.75) is 19.4 Å². The first-order chi connectivity index (χ1) is 13.0. The first-order valence-corrected chi connectivity index (χ1v) is 8.32. The van der Waals surface area contributed by atoms with E-state index in [4.69, 9.17) is 18.9 Å². The molecule has 0 saturated carbocycles. The third kappa shape index (κ3) is 5.64. The summed E-state index contributed by atoms with van der Waals surface area (Å²) in [5, 5.41) is 2.69. The summed E-state index contributed by atoms with van der Waals surface area (Å²) in [6.07, 6.45) is -0.961. The average molecular weight is 373 g/mol. The van der Waals surface area contributed by atoms with E-state index in [9.17, 15) is 9.59 Å². The van der Waals surface area contributed by atoms with E-state index in [0.29, 0.717) is 28.5 Å². The molecule has 0 radical (unpaired) electrons. The number of benzene rings is 2. The summed E-state index contributed by atoms with van der Waals surface area (Å²) in [5.41, 5.74) is 1.23. The van der Waals surface area contributed by atoms with Gasteiger partial charge in [-0.3, -0.25) is 9.59 Å². The second-order valence-electron chi connectivity index (χ2n) is 5.70. The molecule has 7 heteroatoms. The number of hydrogen-bond donors (Lipinski definition) is 1. The first-order valence-electron chi connectivity index (χ1n) is 8.32. The fourth-order valence-electron chi connectivity index (χ4n) is 2.36. The lowest BCUT2D eigenvalue weighted by atomic mass is 10.1. The zero-order chi connectivity index (χ0) is 19.8. The molecule has 2 rings (SSSR count). The summed E-state index contributed by atoms with van der Waals surface area (Å²) in [4.78, 5) is 24.4. The van der Waals surface area contributed by atoms with Crippen molar-refractivity contribution in [1.82, 2.24) is 0 Å². The van der Waals surface area contributed by atoms with Gasteiger partial charge in [0.05, 0.1) is 27.8 Å². The van der Waals surface area contributed by atoms with Crippen molar-refractivity contribution in [2.24, 2.45) is 0 Å². The molecule has 0 saturated heterocycles. The van der Waals surface area contributed by atoms with Crippen molar-refractivity contribution >= 4 is 17.6 Å². The molecule has 0 bridgehead atoms. The van der Waals surface area contributed by atoms with Crippen LogP contribution in [0, 0.1) is 0 Å². The number of carbonyl (C=O) groups excluding carboxylic acids is 2. The summed E-state index contributed by atoms with van der Waals surface area (Å²) in [6.45, 7) is 1.52. The minimum Gasteiger partial charge on any atom is -0.497 e. The monoisotopic (exact) mass is 373 g/mol. The van der Waals surface area contributed by atoms with Gasteiger partial charge in [-0.25, -0.2) is 0 Å². The Morgan fingerprint density at radius 2 is 1.56 bits per heavy atom. The number of rotatable bonds is 8. The zero-order valence-corrected chi connectivity index (χ0v) is 15.8. The Morgan fingerprint density at radius 1 is 0.926 bits per heavy atom. The molecule has 0 unspecified atom stereocenters. The lowest BCUT2D eigenvalue weighted by Gasteiger charge is -2.15. The van der Waals surface area contributed by atoms with Gasteiger partial charge in [-0.2, -0.15) is 0 Å². The maximum atomic E-state index is 12.2. The van der Waals surface area contributed by atoms with Crippen molar-refractivity contribution in [3.63, 3.8) is 0 Å². The Morgan fingerprint density at radius 3 is 2.15 bits per heavy atom. The van der Waals surface area contributed by atoms with E-state index >= 15 is 0 Å². The van der Waals surface area contributed by atoms with Gasteiger partial charge >= 0.3 is 5.97 Å². The normalized spacial score (nSPS) is 11.3. The van der Waals surface area contributed by atoms with Crippen LogP contribution in [-0.2, 0) is 20.7 Å². The molecule has 0 heterocycles. The average Bonchev–Trinajstić information content (AvgIpc) is 2.68. The molecule has 1 N–H and O–H groups in total. The maximum absolute atomic E-state index is 12.2. The van der Waals surface area contributed by atoms with Gasteiger partial charge < -0.3 is 24.3 Å². The highest BCUT2D eigenvalue weighted by Crippen LogP contribution is 2.25. The van der Waals surface area contributed by atoms with Crippen LogP contribution in [0.5, 0.6) is 17.2 Å². The van der Waals surface area contributed by atoms with Gasteiger partial charge in [0.1, 0.15) is 17.2 Å². The highest BCUT2D eigenvalue weighted by Gasteiger charge is 2.19. The molecule has 0 spiro atoms. The van der Waals surface area contributed by atoms with E-state index in [1.165, 1.54) is 14.0 Å². The number of nitrogens with one attached hydrogen (secondary N) is 1. The highest BCUT2D eigenvalue weighted by atomic mass is 16.5. The summed E-state index contributed by atoms with van der Waals surface area (Å²) in [7, 11) is 4.62. The van der Waals surface area contributed by atoms with Crippen LogP contribution < -0.4 is 19.5 Å². The molecule has 144 valence electrons. The summed E-state index contributed by atoms with van der Waals surface area (Å²) in [6, 6.07) is 12.0. The molecule has 1 amide bonds. The smallest absolute Gasteiger partial charge is 0.311 e. The van der Waals surface area contributed by atoms with Crippen LogP contribution in [0.2, 0.25) is 0 Å². The number of hydrogen-bond acceptors (Lipinski definition) is 6. The van der Waals surface area contributed by atoms with Crippen molar-refractivity contribution in [1.29, 1.82) is 0 Å². The van der Waals surface area contributed by atoms with E-state index in [1.807, 2.05) is 0 Å². The number of ether oxygens (including phenoxy) is 4. The number of carbonyl (C=O) groups is 2. The Labute approximate surface area is 158 Å². The number of methoxy groups -OCH3 is 3. The van der Waals surface area contributed by atoms with Gasteiger partial charge in [0.15, 0.2) is 6.10 Å². The minimum absolute atomic E-state index is 0.0205. The second-order valence-corrected chi connectivity index (χ2v) is 5.70. The molecule has 1 atom stereocenters. The number of anilines is 1. The molecule has 2 aromatic carbocycles. The lowest BCUT2D eigenvalue weighted by molar-refractivity contribution is -0.152. The fraction of sp³-hybridized carbons (Fsp3) is 0.300.